The summed E-state index contributed by atoms with van der Waals surface area (Å²) in [6, 6.07) is 3.34. The van der Waals surface area contributed by atoms with E-state index in [1.54, 1.807) is 6.07 Å². The highest BCUT2D eigenvalue weighted by Gasteiger charge is 2.43. The zero-order chi connectivity index (χ0) is 30.7. The van der Waals surface area contributed by atoms with Crippen molar-refractivity contribution in [3.8, 4) is 16.9 Å². The van der Waals surface area contributed by atoms with Crippen LogP contribution in [0.5, 0.6) is 5.75 Å². The van der Waals surface area contributed by atoms with Crippen molar-refractivity contribution in [3.63, 3.8) is 0 Å². The summed E-state index contributed by atoms with van der Waals surface area (Å²) in [5.74, 6) is -5.52. The molecule has 2 aliphatic rings. The van der Waals surface area contributed by atoms with Crippen LogP contribution in [0.2, 0.25) is 5.02 Å². The van der Waals surface area contributed by atoms with Crippen molar-refractivity contribution in [2.75, 3.05) is 29.9 Å². The van der Waals surface area contributed by atoms with E-state index in [0.717, 1.165) is 36.7 Å². The highest BCUT2D eigenvalue weighted by atomic mass is 35.5. The monoisotopic (exact) mass is 612 g/mol. The van der Waals surface area contributed by atoms with E-state index in [-0.39, 0.29) is 28.2 Å². The van der Waals surface area contributed by atoms with Gasteiger partial charge < -0.3 is 30.2 Å². The molecule has 43 heavy (non-hydrogen) atoms. The number of pyridine rings is 1. The number of aryl methyl sites for hydroxylation is 1. The van der Waals surface area contributed by atoms with Crippen molar-refractivity contribution in [1.82, 2.24) is 24.0 Å². The fourth-order valence-electron chi connectivity index (χ4n) is 6.03. The molecule has 1 aromatic carbocycles. The topological polar surface area (TPSA) is 152 Å². The molecule has 2 aliphatic heterocycles. The van der Waals surface area contributed by atoms with Gasteiger partial charge in [-0.2, -0.15) is 4.39 Å². The first-order valence-corrected chi connectivity index (χ1v) is 13.9. The molecule has 0 spiro atoms. The fourth-order valence-corrected chi connectivity index (χ4v) is 6.18. The molecular weight excluding hydrogens is 586 g/mol. The number of piperazine rings is 1. The number of aromatic hydroxyl groups is 1. The lowest BCUT2D eigenvalue weighted by Gasteiger charge is -2.34. The summed E-state index contributed by atoms with van der Waals surface area (Å²) in [7, 11) is 1.42. The van der Waals surface area contributed by atoms with Gasteiger partial charge in [0, 0.05) is 55.6 Å². The quantitative estimate of drug-likeness (QED) is 0.288. The summed E-state index contributed by atoms with van der Waals surface area (Å²) in [5.41, 5.74) is 3.64. The molecule has 2 fully saturated rings. The van der Waals surface area contributed by atoms with Gasteiger partial charge in [0.25, 0.3) is 11.5 Å². The van der Waals surface area contributed by atoms with Crippen molar-refractivity contribution in [2.24, 2.45) is 12.8 Å². The van der Waals surface area contributed by atoms with E-state index in [1.165, 1.54) is 30.3 Å². The minimum Gasteiger partial charge on any atom is -0.504 e. The van der Waals surface area contributed by atoms with Crippen molar-refractivity contribution >= 4 is 46.0 Å². The zero-order valence-electron chi connectivity index (χ0n) is 23.1. The number of anilines is 2. The summed E-state index contributed by atoms with van der Waals surface area (Å²) < 4.78 is 32.1. The maximum Gasteiger partial charge on any atom is 0.263 e. The van der Waals surface area contributed by atoms with E-state index < -0.39 is 45.9 Å². The Labute approximate surface area is 248 Å². The molecule has 5 heterocycles. The molecule has 0 radical (unpaired) electrons. The number of halogens is 3. The van der Waals surface area contributed by atoms with Crippen LogP contribution in [0.1, 0.15) is 23.7 Å². The van der Waals surface area contributed by atoms with E-state index in [2.05, 4.69) is 32.0 Å². The van der Waals surface area contributed by atoms with Gasteiger partial charge in [-0.05, 0) is 19.0 Å². The number of hydrogen-bond donors (Lipinski definition) is 3. The number of carbonyl (C=O) groups is 2. The minimum absolute atomic E-state index is 0.0110. The van der Waals surface area contributed by atoms with Crippen molar-refractivity contribution in [2.45, 2.75) is 32.0 Å². The Morgan fingerprint density at radius 1 is 1.16 bits per heavy atom. The molecule has 0 saturated carbocycles. The number of aromatic nitrogens is 4. The number of likely N-dealkylation sites (tertiary alicyclic amines) is 1. The van der Waals surface area contributed by atoms with Crippen LogP contribution in [0.3, 0.4) is 0 Å². The maximum absolute atomic E-state index is 15.1. The van der Waals surface area contributed by atoms with Crippen LogP contribution in [0.25, 0.3) is 22.2 Å². The molecule has 2 saturated heterocycles. The second kappa shape index (κ2) is 10.6. The molecule has 224 valence electrons. The van der Waals surface area contributed by atoms with Gasteiger partial charge in [0.05, 0.1) is 34.2 Å². The lowest BCUT2D eigenvalue weighted by Crippen LogP contribution is -2.46. The van der Waals surface area contributed by atoms with Gasteiger partial charge in [0.2, 0.25) is 11.7 Å². The first kappa shape index (κ1) is 28.6. The van der Waals surface area contributed by atoms with E-state index in [1.807, 2.05) is 0 Å². The largest absolute Gasteiger partial charge is 0.504 e. The second-order valence-corrected chi connectivity index (χ2v) is 11.1. The number of nitrogens with one attached hydrogen (secondary N) is 1. The maximum atomic E-state index is 15.1. The molecule has 12 nitrogen and oxygen atoms in total. The zero-order valence-corrected chi connectivity index (χ0v) is 23.9. The Morgan fingerprint density at radius 2 is 1.93 bits per heavy atom. The van der Waals surface area contributed by atoms with Crippen molar-refractivity contribution in [3.05, 3.63) is 63.4 Å². The lowest BCUT2D eigenvalue weighted by molar-refractivity contribution is -0.116. The molecule has 15 heteroatoms. The number of phenols is 1. The van der Waals surface area contributed by atoms with Gasteiger partial charge >= 0.3 is 0 Å². The third kappa shape index (κ3) is 4.76. The number of primary amides is 1. The van der Waals surface area contributed by atoms with Crippen molar-refractivity contribution < 1.29 is 23.5 Å². The molecule has 4 aromatic rings. The molecule has 3 aromatic heterocycles. The highest BCUT2D eigenvalue weighted by molar-refractivity contribution is 6.33. The third-order valence-corrected chi connectivity index (χ3v) is 8.46. The van der Waals surface area contributed by atoms with Crippen LogP contribution in [0, 0.1) is 11.6 Å². The number of likely N-dealkylation sites (N-methyl/N-ethyl adjacent to an activating group) is 1. The summed E-state index contributed by atoms with van der Waals surface area (Å²) in [5, 5.41) is 12.8. The Morgan fingerprint density at radius 3 is 2.60 bits per heavy atom. The summed E-state index contributed by atoms with van der Waals surface area (Å²) in [4.78, 5) is 51.5. The minimum atomic E-state index is -1.71. The van der Waals surface area contributed by atoms with E-state index in [4.69, 9.17) is 17.3 Å². The molecule has 2 bridgehead atoms. The number of carbonyl (C=O) groups excluding carboxylic acids is 2. The SMILES string of the molecule is CCN1CC2CC1CN2c1cc(NC(=O)Cn2cc(-c3cc(C(N)=O)c(O)c(F)c3F)c3c(=O)n(C)cnc32)c(Cl)cn1. The highest BCUT2D eigenvalue weighted by Crippen LogP contribution is 2.37. The second-order valence-electron chi connectivity index (χ2n) is 10.7. The van der Waals surface area contributed by atoms with Gasteiger partial charge in [0.1, 0.15) is 18.0 Å². The predicted octanol–water partition coefficient (Wildman–Crippen LogP) is 2.45. The summed E-state index contributed by atoms with van der Waals surface area (Å²) in [6.07, 6.45) is 4.99. The molecular formula is C28H27ClF2N8O4. The first-order valence-electron chi connectivity index (χ1n) is 13.5. The van der Waals surface area contributed by atoms with Gasteiger partial charge in [-0.3, -0.25) is 19.3 Å². The number of nitrogens with two attached hydrogens (primary N) is 1. The van der Waals surface area contributed by atoms with Crippen LogP contribution in [-0.4, -0.2) is 72.6 Å². The molecule has 2 atom stereocenters. The first-order chi connectivity index (χ1) is 20.5. The van der Waals surface area contributed by atoms with Gasteiger partial charge in [-0.15, -0.1) is 0 Å². The van der Waals surface area contributed by atoms with E-state index in [9.17, 15) is 23.9 Å². The normalized spacial score (nSPS) is 18.1. The van der Waals surface area contributed by atoms with Crippen molar-refractivity contribution in [1.29, 1.82) is 0 Å². The molecule has 4 N–H and O–H groups in total. The Balaban J connectivity index is 1.33. The molecule has 6 rings (SSSR count). The van der Waals surface area contributed by atoms with Gasteiger partial charge in [-0.1, -0.05) is 18.5 Å². The van der Waals surface area contributed by atoms with E-state index >= 15 is 4.39 Å². The smallest absolute Gasteiger partial charge is 0.263 e. The number of amides is 2. The summed E-state index contributed by atoms with van der Waals surface area (Å²) >= 11 is 6.37. The number of hydrogen-bond acceptors (Lipinski definition) is 8. The van der Waals surface area contributed by atoms with Gasteiger partial charge in [-0.25, -0.2) is 14.4 Å². The Bertz CT molecular complexity index is 1880. The Kier molecular flexibility index (Phi) is 7.05. The summed E-state index contributed by atoms with van der Waals surface area (Å²) in [6.45, 7) is 4.51. The predicted molar refractivity (Wildman–Crippen MR) is 155 cm³/mol. The molecule has 2 unspecified atom stereocenters. The third-order valence-electron chi connectivity index (χ3n) is 8.16. The van der Waals surface area contributed by atoms with E-state index in [0.29, 0.717) is 23.6 Å². The number of nitrogens with zero attached hydrogens (tertiary/aromatic N) is 6. The molecule has 2 amide bonds. The standard InChI is InChI=1S/C28H27ClF2N8O4/c1-3-37-8-14-4-13(37)9-39(14)20-6-19(18(29)7-33-20)35-21(40)11-38-10-17(22-27(38)34-12-36(2)28(22)43)15-5-16(26(32)42)25(41)24(31)23(15)30/h5-7,10,12-14,41H,3-4,8-9,11H2,1-2H3,(H2,32,42)(H,33,35,40). The average molecular weight is 613 g/mol. The Hall–Kier alpha value is -4.56. The van der Waals surface area contributed by atoms with Crippen LogP contribution >= 0.6 is 11.6 Å². The average Bonchev–Trinajstić information content (AvgIpc) is 3.68. The fraction of sp³-hybridized carbons (Fsp3) is 0.321. The molecule has 0 aliphatic carbocycles. The number of fused-ring (bicyclic) bond motifs is 3. The number of rotatable bonds is 7. The van der Waals surface area contributed by atoms with Crippen LogP contribution in [-0.2, 0) is 18.4 Å². The van der Waals surface area contributed by atoms with Gasteiger partial charge in [0.15, 0.2) is 11.6 Å². The van der Waals surface area contributed by atoms with Crippen LogP contribution in [0.15, 0.2) is 35.6 Å². The lowest BCUT2D eigenvalue weighted by atomic mass is 10.0. The number of benzene rings is 1. The van der Waals surface area contributed by atoms with Crippen LogP contribution in [0.4, 0.5) is 20.3 Å². The van der Waals surface area contributed by atoms with Crippen LogP contribution < -0.4 is 21.5 Å².